The number of piperidine rings is 2. The largest absolute Gasteiger partial charge is 0.333 e. The molecule has 4 heteroatoms. The van der Waals surface area contributed by atoms with E-state index in [2.05, 4.69) is 5.73 Å². The standard InChI is InChI=1S/C11H17NO2.CH5N/c1-8(13)10-6-2-4-9-5-3-7-11(14)12(9)10;1-2/h9-10H,2-7H2,1H3;2H2,1H3. The number of rotatable bonds is 1. The molecule has 92 valence electrons. The van der Waals surface area contributed by atoms with Gasteiger partial charge in [-0.25, -0.2) is 0 Å². The van der Waals surface area contributed by atoms with Crippen LogP contribution in [0, 0.1) is 0 Å². The summed E-state index contributed by atoms with van der Waals surface area (Å²) in [5.41, 5.74) is 4.50. The van der Waals surface area contributed by atoms with Crippen molar-refractivity contribution < 1.29 is 9.59 Å². The Morgan fingerprint density at radius 3 is 2.50 bits per heavy atom. The maximum Gasteiger partial charge on any atom is 0.223 e. The minimum Gasteiger partial charge on any atom is -0.333 e. The lowest BCUT2D eigenvalue weighted by atomic mass is 9.87. The number of carbonyl (C=O) groups is 2. The lowest BCUT2D eigenvalue weighted by molar-refractivity contribution is -0.147. The molecule has 0 saturated carbocycles. The Labute approximate surface area is 97.2 Å². The Hall–Kier alpha value is -0.900. The first-order valence-corrected chi connectivity index (χ1v) is 6.09. The Balaban J connectivity index is 0.000000606. The van der Waals surface area contributed by atoms with Crippen LogP contribution < -0.4 is 5.73 Å². The molecule has 16 heavy (non-hydrogen) atoms. The molecule has 2 heterocycles. The number of Topliss-reactive ketones (excluding diaryl/α,β-unsaturated/α-hetero) is 1. The number of amides is 1. The fourth-order valence-electron chi connectivity index (χ4n) is 2.76. The molecule has 0 radical (unpaired) electrons. The van der Waals surface area contributed by atoms with Gasteiger partial charge in [-0.05, 0) is 46.1 Å². The van der Waals surface area contributed by atoms with Gasteiger partial charge in [-0.1, -0.05) is 0 Å². The molecule has 2 rings (SSSR count). The fourth-order valence-corrected chi connectivity index (χ4v) is 2.76. The molecule has 0 aliphatic carbocycles. The summed E-state index contributed by atoms with van der Waals surface area (Å²) in [6.45, 7) is 1.61. The number of hydrogen-bond donors (Lipinski definition) is 1. The topological polar surface area (TPSA) is 63.4 Å². The second-order valence-corrected chi connectivity index (χ2v) is 4.40. The summed E-state index contributed by atoms with van der Waals surface area (Å²) < 4.78 is 0. The van der Waals surface area contributed by atoms with Gasteiger partial charge in [-0.2, -0.15) is 0 Å². The van der Waals surface area contributed by atoms with Gasteiger partial charge in [0.25, 0.3) is 0 Å². The van der Waals surface area contributed by atoms with E-state index in [1.807, 2.05) is 4.90 Å². The van der Waals surface area contributed by atoms with Crippen LogP contribution in [0.3, 0.4) is 0 Å². The van der Waals surface area contributed by atoms with E-state index >= 15 is 0 Å². The third-order valence-electron chi connectivity index (χ3n) is 3.43. The van der Waals surface area contributed by atoms with Gasteiger partial charge in [-0.15, -0.1) is 0 Å². The van der Waals surface area contributed by atoms with E-state index in [4.69, 9.17) is 0 Å². The minimum absolute atomic E-state index is 0.110. The summed E-state index contributed by atoms with van der Waals surface area (Å²) in [5.74, 6) is 0.353. The third kappa shape index (κ3) is 2.61. The number of hydrogen-bond acceptors (Lipinski definition) is 3. The average molecular weight is 226 g/mol. The van der Waals surface area contributed by atoms with Gasteiger partial charge in [0.1, 0.15) is 0 Å². The molecular formula is C12H22N2O2. The SMILES string of the molecule is CC(=O)C1CCCC2CCCC(=O)N21.CN. The molecule has 0 spiro atoms. The number of ketones is 1. The van der Waals surface area contributed by atoms with Crippen molar-refractivity contribution in [3.05, 3.63) is 0 Å². The summed E-state index contributed by atoms with van der Waals surface area (Å²) in [4.78, 5) is 25.0. The van der Waals surface area contributed by atoms with Crippen molar-refractivity contribution in [3.8, 4) is 0 Å². The number of carbonyl (C=O) groups excluding carboxylic acids is 2. The van der Waals surface area contributed by atoms with Crippen molar-refractivity contribution in [1.82, 2.24) is 4.90 Å². The first kappa shape index (κ1) is 13.2. The molecule has 2 unspecified atom stereocenters. The molecular weight excluding hydrogens is 204 g/mol. The zero-order valence-corrected chi connectivity index (χ0v) is 10.2. The molecule has 4 nitrogen and oxygen atoms in total. The van der Waals surface area contributed by atoms with Gasteiger partial charge in [0.15, 0.2) is 5.78 Å². The molecule has 1 amide bonds. The Morgan fingerprint density at radius 2 is 1.88 bits per heavy atom. The molecule has 0 aromatic heterocycles. The quantitative estimate of drug-likeness (QED) is 0.727. The lowest BCUT2D eigenvalue weighted by Gasteiger charge is -2.43. The average Bonchev–Trinajstić information content (AvgIpc) is 2.31. The van der Waals surface area contributed by atoms with Crippen LogP contribution in [0.2, 0.25) is 0 Å². The smallest absolute Gasteiger partial charge is 0.223 e. The van der Waals surface area contributed by atoms with E-state index in [1.165, 1.54) is 7.05 Å². The molecule has 2 aliphatic rings. The summed E-state index contributed by atoms with van der Waals surface area (Å²) in [6, 6.07) is 0.250. The summed E-state index contributed by atoms with van der Waals surface area (Å²) in [5, 5.41) is 0. The van der Waals surface area contributed by atoms with Crippen LogP contribution >= 0.6 is 0 Å². The highest BCUT2D eigenvalue weighted by atomic mass is 16.2. The summed E-state index contributed by atoms with van der Waals surface area (Å²) >= 11 is 0. The van der Waals surface area contributed by atoms with Crippen LogP contribution in [0.5, 0.6) is 0 Å². The van der Waals surface area contributed by atoms with Crippen molar-refractivity contribution >= 4 is 11.7 Å². The van der Waals surface area contributed by atoms with Gasteiger partial charge in [-0.3, -0.25) is 9.59 Å². The summed E-state index contributed by atoms with van der Waals surface area (Å²) in [6.07, 6.45) is 5.80. The molecule has 2 aliphatic heterocycles. The molecule has 2 saturated heterocycles. The van der Waals surface area contributed by atoms with Crippen molar-refractivity contribution in [2.75, 3.05) is 7.05 Å². The molecule has 0 aromatic carbocycles. The molecule has 2 atom stereocenters. The maximum atomic E-state index is 11.7. The third-order valence-corrected chi connectivity index (χ3v) is 3.43. The highest BCUT2D eigenvalue weighted by molar-refractivity contribution is 5.88. The first-order chi connectivity index (χ1) is 7.70. The second kappa shape index (κ2) is 5.99. The minimum atomic E-state index is -0.110. The number of fused-ring (bicyclic) bond motifs is 1. The molecule has 2 fully saturated rings. The van der Waals surface area contributed by atoms with Gasteiger partial charge in [0.05, 0.1) is 6.04 Å². The lowest BCUT2D eigenvalue weighted by Crippen LogP contribution is -2.54. The van der Waals surface area contributed by atoms with Gasteiger partial charge >= 0.3 is 0 Å². The van der Waals surface area contributed by atoms with Crippen molar-refractivity contribution in [1.29, 1.82) is 0 Å². The van der Waals surface area contributed by atoms with Crippen LogP contribution in [0.1, 0.15) is 45.4 Å². The zero-order chi connectivity index (χ0) is 12.1. The molecule has 0 aromatic rings. The predicted molar refractivity (Wildman–Crippen MR) is 62.9 cm³/mol. The van der Waals surface area contributed by atoms with Gasteiger partial charge < -0.3 is 10.6 Å². The van der Waals surface area contributed by atoms with Gasteiger partial charge in [0.2, 0.25) is 5.91 Å². The van der Waals surface area contributed by atoms with E-state index < -0.39 is 0 Å². The van der Waals surface area contributed by atoms with Crippen LogP contribution in [0.4, 0.5) is 0 Å². The van der Waals surface area contributed by atoms with Crippen molar-refractivity contribution in [3.63, 3.8) is 0 Å². The van der Waals surface area contributed by atoms with Crippen LogP contribution in [0.25, 0.3) is 0 Å². The number of nitrogens with two attached hydrogens (primary N) is 1. The Bertz CT molecular complexity index is 264. The van der Waals surface area contributed by atoms with Gasteiger partial charge in [0, 0.05) is 12.5 Å². The zero-order valence-electron chi connectivity index (χ0n) is 10.2. The first-order valence-electron chi connectivity index (χ1n) is 6.09. The van der Waals surface area contributed by atoms with Crippen LogP contribution in [-0.2, 0) is 9.59 Å². The monoisotopic (exact) mass is 226 g/mol. The highest BCUT2D eigenvalue weighted by Gasteiger charge is 2.38. The normalized spacial score (nSPS) is 28.9. The van der Waals surface area contributed by atoms with E-state index in [0.29, 0.717) is 12.5 Å². The Morgan fingerprint density at radius 1 is 1.25 bits per heavy atom. The molecule has 0 bridgehead atoms. The van der Waals surface area contributed by atoms with Crippen molar-refractivity contribution in [2.45, 2.75) is 57.5 Å². The second-order valence-electron chi connectivity index (χ2n) is 4.40. The Kier molecular flexibility index (Phi) is 4.93. The van der Waals surface area contributed by atoms with Crippen LogP contribution in [0.15, 0.2) is 0 Å². The van der Waals surface area contributed by atoms with Crippen molar-refractivity contribution in [2.24, 2.45) is 5.73 Å². The highest BCUT2D eigenvalue weighted by Crippen LogP contribution is 2.31. The fraction of sp³-hybridized carbons (Fsp3) is 0.833. The van der Waals surface area contributed by atoms with E-state index in [9.17, 15) is 9.59 Å². The van der Waals surface area contributed by atoms with E-state index in [-0.39, 0.29) is 17.7 Å². The van der Waals surface area contributed by atoms with E-state index in [0.717, 1.165) is 32.1 Å². The van der Waals surface area contributed by atoms with E-state index in [1.54, 1.807) is 6.92 Å². The predicted octanol–water partition coefficient (Wildman–Crippen LogP) is 1.08. The van der Waals surface area contributed by atoms with Crippen LogP contribution in [-0.4, -0.2) is 35.7 Å². The molecule has 2 N–H and O–H groups in total. The maximum absolute atomic E-state index is 11.7. The summed E-state index contributed by atoms with van der Waals surface area (Å²) in [7, 11) is 1.50. The number of nitrogens with zero attached hydrogens (tertiary/aromatic N) is 1.